The molecule has 3 aromatic rings. The van der Waals surface area contributed by atoms with Gasteiger partial charge >= 0.3 is 0 Å². The van der Waals surface area contributed by atoms with Crippen molar-refractivity contribution < 1.29 is 13.9 Å². The molecule has 0 spiro atoms. The molecule has 2 aromatic heterocycles. The molecule has 1 aliphatic rings. The number of aromatic nitrogens is 1. The minimum Gasteiger partial charge on any atom is -0.459 e. The Morgan fingerprint density at radius 2 is 2.19 bits per heavy atom. The van der Waals surface area contributed by atoms with Gasteiger partial charge < -0.3 is 9.15 Å². The molecule has 1 amide bonds. The number of benzene rings is 1. The Balaban J connectivity index is 1.64. The van der Waals surface area contributed by atoms with Crippen LogP contribution in [0.1, 0.15) is 16.1 Å². The van der Waals surface area contributed by atoms with Crippen LogP contribution in [0, 0.1) is 6.92 Å². The smallest absolute Gasteiger partial charge is 0.295 e. The minimum absolute atomic E-state index is 0.184. The van der Waals surface area contributed by atoms with E-state index in [0.717, 1.165) is 48.6 Å². The number of halogens is 1. The van der Waals surface area contributed by atoms with Crippen LogP contribution in [0.4, 0.5) is 5.13 Å². The molecule has 1 aromatic carbocycles. The van der Waals surface area contributed by atoms with Crippen molar-refractivity contribution in [1.29, 1.82) is 0 Å². The zero-order valence-corrected chi connectivity index (χ0v) is 16.6. The lowest BCUT2D eigenvalue weighted by atomic mass is 10.2. The van der Waals surface area contributed by atoms with Crippen LogP contribution in [0.3, 0.4) is 0 Å². The van der Waals surface area contributed by atoms with Crippen molar-refractivity contribution in [3.8, 4) is 0 Å². The van der Waals surface area contributed by atoms with Crippen molar-refractivity contribution in [2.45, 2.75) is 6.92 Å². The third kappa shape index (κ3) is 4.01. The van der Waals surface area contributed by atoms with Crippen LogP contribution in [0.15, 0.2) is 34.9 Å². The fourth-order valence-electron chi connectivity index (χ4n) is 3.14. The predicted octanol–water partition coefficient (Wildman–Crippen LogP) is 3.83. The molecule has 0 aliphatic carbocycles. The van der Waals surface area contributed by atoms with Crippen molar-refractivity contribution in [1.82, 2.24) is 9.88 Å². The fraction of sp³-hybridized carbons (Fsp3) is 0.368. The van der Waals surface area contributed by atoms with Gasteiger partial charge in [0.1, 0.15) is 0 Å². The third-order valence-corrected chi connectivity index (χ3v) is 5.83. The van der Waals surface area contributed by atoms with Gasteiger partial charge in [-0.2, -0.15) is 0 Å². The van der Waals surface area contributed by atoms with Crippen LogP contribution in [-0.2, 0) is 4.74 Å². The molecule has 0 radical (unpaired) electrons. The molecular formula is C19H20ClN3O3S. The Kier molecular flexibility index (Phi) is 5.45. The number of ether oxygens (including phenoxy) is 1. The summed E-state index contributed by atoms with van der Waals surface area (Å²) in [5, 5.41) is 1.33. The molecule has 1 fully saturated rings. The number of aryl methyl sites for hydroxylation is 1. The van der Waals surface area contributed by atoms with Gasteiger partial charge in [-0.1, -0.05) is 22.9 Å². The molecule has 27 heavy (non-hydrogen) atoms. The summed E-state index contributed by atoms with van der Waals surface area (Å²) in [6.45, 7) is 6.46. The molecule has 4 rings (SSSR count). The normalized spacial score (nSPS) is 15.3. The Hall–Kier alpha value is -1.93. The van der Waals surface area contributed by atoms with Crippen molar-refractivity contribution in [3.05, 3.63) is 46.9 Å². The first kappa shape index (κ1) is 18.4. The second kappa shape index (κ2) is 7.98. The summed E-state index contributed by atoms with van der Waals surface area (Å²) >= 11 is 7.65. The molecular weight excluding hydrogens is 386 g/mol. The molecule has 0 saturated carbocycles. The number of amides is 1. The van der Waals surface area contributed by atoms with Crippen molar-refractivity contribution in [3.63, 3.8) is 0 Å². The van der Waals surface area contributed by atoms with Gasteiger partial charge in [-0.25, -0.2) is 4.98 Å². The summed E-state index contributed by atoms with van der Waals surface area (Å²) in [4.78, 5) is 21.8. The summed E-state index contributed by atoms with van der Waals surface area (Å²) in [6.07, 6.45) is 1.51. The molecule has 6 nitrogen and oxygen atoms in total. The lowest BCUT2D eigenvalue weighted by Gasteiger charge is -2.28. The Bertz CT molecular complexity index is 935. The molecule has 8 heteroatoms. The monoisotopic (exact) mass is 405 g/mol. The van der Waals surface area contributed by atoms with Crippen LogP contribution in [0.5, 0.6) is 0 Å². The van der Waals surface area contributed by atoms with E-state index in [0.29, 0.717) is 22.5 Å². The number of fused-ring (bicyclic) bond motifs is 1. The summed E-state index contributed by atoms with van der Waals surface area (Å²) < 4.78 is 11.7. The summed E-state index contributed by atoms with van der Waals surface area (Å²) in [5.41, 5.74) is 1.88. The number of thiazole rings is 1. The van der Waals surface area contributed by atoms with Gasteiger partial charge in [-0.05, 0) is 36.8 Å². The lowest BCUT2D eigenvalue weighted by Crippen LogP contribution is -2.43. The number of furan rings is 1. The highest BCUT2D eigenvalue weighted by molar-refractivity contribution is 7.22. The number of carbonyl (C=O) groups excluding carboxylic acids is 1. The number of morpholine rings is 1. The number of hydrogen-bond donors (Lipinski definition) is 0. The van der Waals surface area contributed by atoms with E-state index in [-0.39, 0.29) is 5.91 Å². The number of nitrogens with zero attached hydrogens (tertiary/aromatic N) is 3. The highest BCUT2D eigenvalue weighted by Crippen LogP contribution is 2.33. The zero-order valence-electron chi connectivity index (χ0n) is 15.0. The van der Waals surface area contributed by atoms with E-state index in [4.69, 9.17) is 25.7 Å². The SMILES string of the molecule is Cc1cc(Cl)cc2sc(N(CCN3CCOCC3)C(=O)c3ccco3)nc12. The minimum atomic E-state index is -0.184. The van der Waals surface area contributed by atoms with E-state index >= 15 is 0 Å². The second-order valence-electron chi connectivity index (χ2n) is 6.45. The Labute approximate surface area is 166 Å². The predicted molar refractivity (Wildman–Crippen MR) is 107 cm³/mol. The highest BCUT2D eigenvalue weighted by Gasteiger charge is 2.24. The molecule has 142 valence electrons. The molecule has 0 atom stereocenters. The molecule has 1 aliphatic heterocycles. The maximum absolute atomic E-state index is 13.0. The van der Waals surface area contributed by atoms with Gasteiger partial charge in [-0.3, -0.25) is 14.6 Å². The second-order valence-corrected chi connectivity index (χ2v) is 7.90. The maximum Gasteiger partial charge on any atom is 0.295 e. The summed E-state index contributed by atoms with van der Waals surface area (Å²) in [6, 6.07) is 7.18. The Morgan fingerprint density at radius 3 is 2.93 bits per heavy atom. The van der Waals surface area contributed by atoms with E-state index in [1.54, 1.807) is 17.0 Å². The fourth-order valence-corrected chi connectivity index (χ4v) is 4.59. The summed E-state index contributed by atoms with van der Waals surface area (Å²) in [5.74, 6) is 0.127. The quantitative estimate of drug-likeness (QED) is 0.645. The van der Waals surface area contributed by atoms with Gasteiger partial charge in [0.15, 0.2) is 10.9 Å². The number of anilines is 1. The van der Waals surface area contributed by atoms with Gasteiger partial charge in [0.2, 0.25) is 0 Å². The number of hydrogen-bond acceptors (Lipinski definition) is 6. The highest BCUT2D eigenvalue weighted by atomic mass is 35.5. The first-order chi connectivity index (χ1) is 13.1. The van der Waals surface area contributed by atoms with Gasteiger partial charge in [0, 0.05) is 31.2 Å². The first-order valence-electron chi connectivity index (χ1n) is 8.84. The largest absolute Gasteiger partial charge is 0.459 e. The molecule has 0 unspecified atom stereocenters. The van der Waals surface area contributed by atoms with E-state index in [9.17, 15) is 4.79 Å². The number of carbonyl (C=O) groups is 1. The van der Waals surface area contributed by atoms with Crippen LogP contribution >= 0.6 is 22.9 Å². The molecule has 0 N–H and O–H groups in total. The molecule has 3 heterocycles. The van der Waals surface area contributed by atoms with Gasteiger partial charge in [-0.15, -0.1) is 0 Å². The van der Waals surface area contributed by atoms with Crippen molar-refractivity contribution >= 4 is 44.2 Å². The summed E-state index contributed by atoms with van der Waals surface area (Å²) in [7, 11) is 0. The first-order valence-corrected chi connectivity index (χ1v) is 10.0. The van der Waals surface area contributed by atoms with Crippen LogP contribution in [0.2, 0.25) is 5.02 Å². The average Bonchev–Trinajstić information content (AvgIpc) is 3.32. The third-order valence-electron chi connectivity index (χ3n) is 4.59. The van der Waals surface area contributed by atoms with Crippen LogP contribution < -0.4 is 4.90 Å². The van der Waals surface area contributed by atoms with E-state index in [1.807, 2.05) is 19.1 Å². The maximum atomic E-state index is 13.0. The standard InChI is InChI=1S/C19H20ClN3O3S/c1-13-11-14(20)12-16-17(13)21-19(27-16)23(18(24)15-3-2-8-26-15)5-4-22-6-9-25-10-7-22/h2-3,8,11-12H,4-7,9-10H2,1H3. The van der Waals surface area contributed by atoms with Crippen LogP contribution in [-0.4, -0.2) is 55.2 Å². The van der Waals surface area contributed by atoms with Crippen LogP contribution in [0.25, 0.3) is 10.2 Å². The van der Waals surface area contributed by atoms with Gasteiger partial charge in [0.25, 0.3) is 5.91 Å². The van der Waals surface area contributed by atoms with Crippen molar-refractivity contribution in [2.75, 3.05) is 44.3 Å². The van der Waals surface area contributed by atoms with E-state index in [2.05, 4.69) is 4.90 Å². The molecule has 0 bridgehead atoms. The lowest BCUT2D eigenvalue weighted by molar-refractivity contribution is 0.0390. The zero-order chi connectivity index (χ0) is 18.8. The number of rotatable bonds is 5. The Morgan fingerprint density at radius 1 is 1.37 bits per heavy atom. The topological polar surface area (TPSA) is 58.8 Å². The average molecular weight is 406 g/mol. The van der Waals surface area contributed by atoms with E-state index < -0.39 is 0 Å². The van der Waals surface area contributed by atoms with E-state index in [1.165, 1.54) is 17.6 Å². The van der Waals surface area contributed by atoms with Crippen molar-refractivity contribution in [2.24, 2.45) is 0 Å². The molecule has 1 saturated heterocycles. The van der Waals surface area contributed by atoms with Gasteiger partial charge in [0.05, 0.1) is 29.7 Å².